The second-order valence-electron chi connectivity index (χ2n) is 8.61. The number of benzene rings is 3. The van der Waals surface area contributed by atoms with E-state index in [2.05, 4.69) is 10.3 Å². The van der Waals surface area contributed by atoms with Gasteiger partial charge in [-0.3, -0.25) is 14.6 Å². The van der Waals surface area contributed by atoms with Gasteiger partial charge in [0.15, 0.2) is 6.61 Å². The zero-order chi connectivity index (χ0) is 26.7. The third-order valence-corrected chi connectivity index (χ3v) is 6.21. The molecule has 0 saturated heterocycles. The van der Waals surface area contributed by atoms with Gasteiger partial charge in [-0.15, -0.1) is 0 Å². The normalized spacial score (nSPS) is 11.4. The Balaban J connectivity index is 1.61. The number of hydrogen-bond acceptors (Lipinski definition) is 4. The van der Waals surface area contributed by atoms with Crippen molar-refractivity contribution in [3.63, 3.8) is 0 Å². The number of pyridine rings is 1. The van der Waals surface area contributed by atoms with Crippen molar-refractivity contribution in [2.24, 2.45) is 0 Å². The molecule has 0 aliphatic carbocycles. The first-order chi connectivity index (χ1) is 18.5. The van der Waals surface area contributed by atoms with Crippen molar-refractivity contribution >= 4 is 23.4 Å². The van der Waals surface area contributed by atoms with Crippen LogP contribution in [0.5, 0.6) is 5.75 Å². The van der Waals surface area contributed by atoms with Gasteiger partial charge in [-0.1, -0.05) is 72.3 Å². The minimum atomic E-state index is -0.867. The molecular formula is C30H27ClFN3O3. The number of nitrogens with one attached hydrogen (secondary N) is 1. The Bertz CT molecular complexity index is 1340. The second-order valence-corrected chi connectivity index (χ2v) is 9.02. The van der Waals surface area contributed by atoms with E-state index in [9.17, 15) is 14.0 Å². The Morgan fingerprint density at radius 3 is 2.32 bits per heavy atom. The Kier molecular flexibility index (Phi) is 9.43. The standard InChI is InChI=1S/C30H27ClFN3O3/c31-26-11-4-5-12-28(26)38-21-29(36)35(20-23-13-15-24(32)16-14-23)27(18-22-8-2-1-3-9-22)30(37)34-19-25-10-6-7-17-33-25/h1-17,27H,18-21H2,(H,34,37)/t27-/m0/s1. The molecule has 0 unspecified atom stereocenters. The number of hydrogen-bond donors (Lipinski definition) is 1. The van der Waals surface area contributed by atoms with Crippen molar-refractivity contribution in [2.75, 3.05) is 6.61 Å². The zero-order valence-corrected chi connectivity index (χ0v) is 21.4. The van der Waals surface area contributed by atoms with Gasteiger partial charge in [0.25, 0.3) is 5.91 Å². The molecule has 2 amide bonds. The number of nitrogens with zero attached hydrogens (tertiary/aromatic N) is 2. The van der Waals surface area contributed by atoms with Gasteiger partial charge in [-0.25, -0.2) is 4.39 Å². The first-order valence-corrected chi connectivity index (χ1v) is 12.5. The maximum atomic E-state index is 13.6. The highest BCUT2D eigenvalue weighted by Gasteiger charge is 2.31. The maximum Gasteiger partial charge on any atom is 0.261 e. The number of rotatable bonds is 11. The zero-order valence-electron chi connectivity index (χ0n) is 20.6. The predicted molar refractivity (Wildman–Crippen MR) is 144 cm³/mol. The van der Waals surface area contributed by atoms with Crippen LogP contribution >= 0.6 is 11.6 Å². The molecular weight excluding hydrogens is 505 g/mol. The van der Waals surface area contributed by atoms with Crippen molar-refractivity contribution in [1.82, 2.24) is 15.2 Å². The van der Waals surface area contributed by atoms with Crippen LogP contribution in [0.15, 0.2) is 103 Å². The molecule has 38 heavy (non-hydrogen) atoms. The van der Waals surface area contributed by atoms with E-state index in [-0.39, 0.29) is 37.8 Å². The van der Waals surface area contributed by atoms with Crippen molar-refractivity contribution in [3.8, 4) is 5.75 Å². The number of carbonyl (C=O) groups excluding carboxylic acids is 2. The van der Waals surface area contributed by atoms with E-state index in [0.717, 1.165) is 5.56 Å². The summed E-state index contributed by atoms with van der Waals surface area (Å²) in [4.78, 5) is 32.9. The largest absolute Gasteiger partial charge is 0.482 e. The third kappa shape index (κ3) is 7.63. The number of para-hydroxylation sites is 1. The van der Waals surface area contributed by atoms with Crippen LogP contribution in [0, 0.1) is 5.82 Å². The first-order valence-electron chi connectivity index (χ1n) is 12.1. The van der Waals surface area contributed by atoms with E-state index < -0.39 is 11.9 Å². The average Bonchev–Trinajstić information content (AvgIpc) is 2.95. The van der Waals surface area contributed by atoms with Crippen LogP contribution in [0.2, 0.25) is 5.02 Å². The topological polar surface area (TPSA) is 71.5 Å². The fourth-order valence-electron chi connectivity index (χ4n) is 3.92. The lowest BCUT2D eigenvalue weighted by molar-refractivity contribution is -0.142. The van der Waals surface area contributed by atoms with Gasteiger partial charge in [0, 0.05) is 19.2 Å². The molecule has 0 fully saturated rings. The van der Waals surface area contributed by atoms with Gasteiger partial charge in [0.2, 0.25) is 5.91 Å². The maximum absolute atomic E-state index is 13.6. The highest BCUT2D eigenvalue weighted by atomic mass is 35.5. The van der Waals surface area contributed by atoms with E-state index in [1.807, 2.05) is 42.5 Å². The van der Waals surface area contributed by atoms with Crippen LogP contribution in [-0.4, -0.2) is 34.3 Å². The second kappa shape index (κ2) is 13.4. The number of carbonyl (C=O) groups is 2. The van der Waals surface area contributed by atoms with E-state index in [4.69, 9.17) is 16.3 Å². The summed E-state index contributed by atoms with van der Waals surface area (Å²) < 4.78 is 19.3. The molecule has 6 nitrogen and oxygen atoms in total. The molecule has 0 aliphatic rings. The fourth-order valence-corrected chi connectivity index (χ4v) is 4.11. The van der Waals surface area contributed by atoms with Gasteiger partial charge in [-0.05, 0) is 47.5 Å². The number of amides is 2. The lowest BCUT2D eigenvalue weighted by atomic mass is 10.0. The summed E-state index contributed by atoms with van der Waals surface area (Å²) in [6, 6.07) is 26.7. The average molecular weight is 532 g/mol. The number of aromatic nitrogens is 1. The highest BCUT2D eigenvalue weighted by molar-refractivity contribution is 6.32. The molecule has 1 N–H and O–H groups in total. The third-order valence-electron chi connectivity index (χ3n) is 5.89. The van der Waals surface area contributed by atoms with Crippen LogP contribution in [0.1, 0.15) is 16.8 Å². The molecule has 1 aromatic heterocycles. The van der Waals surface area contributed by atoms with Gasteiger partial charge >= 0.3 is 0 Å². The smallest absolute Gasteiger partial charge is 0.261 e. The van der Waals surface area contributed by atoms with Crippen molar-refractivity contribution in [3.05, 3.63) is 131 Å². The Morgan fingerprint density at radius 1 is 0.895 bits per heavy atom. The number of ether oxygens (including phenoxy) is 1. The van der Waals surface area contributed by atoms with Crippen molar-refractivity contribution < 1.29 is 18.7 Å². The van der Waals surface area contributed by atoms with Crippen LogP contribution < -0.4 is 10.1 Å². The van der Waals surface area contributed by atoms with Crippen molar-refractivity contribution in [1.29, 1.82) is 0 Å². The summed E-state index contributed by atoms with van der Waals surface area (Å²) in [6.45, 7) is -0.0388. The molecule has 8 heteroatoms. The molecule has 0 spiro atoms. The SMILES string of the molecule is O=C(NCc1ccccn1)[C@H](Cc1ccccc1)N(Cc1ccc(F)cc1)C(=O)COc1ccccc1Cl. The molecule has 4 aromatic rings. The molecule has 0 saturated carbocycles. The minimum Gasteiger partial charge on any atom is -0.482 e. The van der Waals surface area contributed by atoms with Crippen LogP contribution in [-0.2, 0) is 29.1 Å². The molecule has 1 heterocycles. The first kappa shape index (κ1) is 26.8. The van der Waals surface area contributed by atoms with Crippen molar-refractivity contribution in [2.45, 2.75) is 25.6 Å². The fraction of sp³-hybridized carbons (Fsp3) is 0.167. The molecule has 194 valence electrons. The minimum absolute atomic E-state index is 0.0828. The van der Waals surface area contributed by atoms with Crippen LogP contribution in [0.25, 0.3) is 0 Å². The summed E-state index contributed by atoms with van der Waals surface area (Å²) >= 11 is 6.20. The molecule has 0 aliphatic heterocycles. The molecule has 3 aromatic carbocycles. The van der Waals surface area contributed by atoms with Gasteiger partial charge in [0.05, 0.1) is 17.3 Å². The van der Waals surface area contributed by atoms with E-state index in [1.165, 1.54) is 17.0 Å². The van der Waals surface area contributed by atoms with E-state index >= 15 is 0 Å². The monoisotopic (exact) mass is 531 g/mol. The number of halogens is 2. The highest BCUT2D eigenvalue weighted by Crippen LogP contribution is 2.23. The molecule has 0 radical (unpaired) electrons. The van der Waals surface area contributed by atoms with Gasteiger partial charge in [0.1, 0.15) is 17.6 Å². The Labute approximate surface area is 226 Å². The Hall–Kier alpha value is -4.23. The predicted octanol–water partition coefficient (Wildman–Crippen LogP) is 5.21. The van der Waals surface area contributed by atoms with Gasteiger partial charge < -0.3 is 15.0 Å². The van der Waals surface area contributed by atoms with E-state index in [1.54, 1.807) is 48.7 Å². The lowest BCUT2D eigenvalue weighted by Crippen LogP contribution is -2.51. The summed E-state index contributed by atoms with van der Waals surface area (Å²) in [6.07, 6.45) is 1.92. The molecule has 0 bridgehead atoms. The summed E-state index contributed by atoms with van der Waals surface area (Å²) in [5, 5.41) is 3.29. The molecule has 1 atom stereocenters. The van der Waals surface area contributed by atoms with Crippen LogP contribution in [0.3, 0.4) is 0 Å². The summed E-state index contributed by atoms with van der Waals surface area (Å²) in [7, 11) is 0. The van der Waals surface area contributed by atoms with Gasteiger partial charge in [-0.2, -0.15) is 0 Å². The van der Waals surface area contributed by atoms with Crippen LogP contribution in [0.4, 0.5) is 4.39 Å². The quantitative estimate of drug-likeness (QED) is 0.288. The molecule has 4 rings (SSSR count). The summed E-state index contributed by atoms with van der Waals surface area (Å²) in [5.74, 6) is -0.776. The lowest BCUT2D eigenvalue weighted by Gasteiger charge is -2.31. The summed E-state index contributed by atoms with van der Waals surface area (Å²) in [5.41, 5.74) is 2.25. The Morgan fingerprint density at radius 2 is 1.61 bits per heavy atom. The van der Waals surface area contributed by atoms with E-state index in [0.29, 0.717) is 22.0 Å².